The van der Waals surface area contributed by atoms with Gasteiger partial charge in [0.15, 0.2) is 0 Å². The Balaban J connectivity index is 2.64. The van der Waals surface area contributed by atoms with Crippen LogP contribution < -0.4 is 10.5 Å². The molecule has 0 saturated carbocycles. The van der Waals surface area contributed by atoms with E-state index in [-0.39, 0.29) is 18.3 Å². The highest BCUT2D eigenvalue weighted by Crippen LogP contribution is 2.25. The lowest BCUT2D eigenvalue weighted by atomic mass is 10.1. The number of rotatable bonds is 5. The molecule has 0 aliphatic heterocycles. The van der Waals surface area contributed by atoms with Crippen LogP contribution in [0.2, 0.25) is 10.0 Å². The highest BCUT2D eigenvalue weighted by atomic mass is 35.5. The van der Waals surface area contributed by atoms with Gasteiger partial charge in [-0.1, -0.05) is 23.2 Å². The number of primary sulfonamides is 1. The molecule has 0 spiro atoms. The number of benzene rings is 1. The third-order valence-electron chi connectivity index (χ3n) is 2.26. The van der Waals surface area contributed by atoms with E-state index in [4.69, 9.17) is 28.3 Å². The molecule has 1 unspecified atom stereocenters. The SMILES string of the molecule is CC(NCCS(N)(=O)=O)c1cc(Cl)ccc1Cl. The van der Waals surface area contributed by atoms with Crippen molar-refractivity contribution in [2.75, 3.05) is 12.3 Å². The van der Waals surface area contributed by atoms with E-state index in [2.05, 4.69) is 5.32 Å². The first kappa shape index (κ1) is 14.7. The number of nitrogens with one attached hydrogen (secondary N) is 1. The Morgan fingerprint density at radius 3 is 2.65 bits per heavy atom. The Labute approximate surface area is 111 Å². The van der Waals surface area contributed by atoms with Crippen LogP contribution in [0.25, 0.3) is 0 Å². The van der Waals surface area contributed by atoms with E-state index in [1.54, 1.807) is 18.2 Å². The van der Waals surface area contributed by atoms with E-state index in [0.717, 1.165) is 5.56 Å². The van der Waals surface area contributed by atoms with Crippen molar-refractivity contribution in [1.29, 1.82) is 0 Å². The van der Waals surface area contributed by atoms with Crippen molar-refractivity contribution in [1.82, 2.24) is 5.32 Å². The zero-order valence-electron chi connectivity index (χ0n) is 9.28. The van der Waals surface area contributed by atoms with Gasteiger partial charge in [-0.3, -0.25) is 0 Å². The van der Waals surface area contributed by atoms with Crippen LogP contribution in [-0.4, -0.2) is 20.7 Å². The largest absolute Gasteiger partial charge is 0.309 e. The zero-order chi connectivity index (χ0) is 13.1. The molecule has 0 amide bonds. The third-order valence-corrected chi connectivity index (χ3v) is 3.61. The van der Waals surface area contributed by atoms with Gasteiger partial charge in [0.05, 0.1) is 5.75 Å². The summed E-state index contributed by atoms with van der Waals surface area (Å²) in [6, 6.07) is 5.06. The van der Waals surface area contributed by atoms with Gasteiger partial charge in [0.25, 0.3) is 0 Å². The second-order valence-corrected chi connectivity index (χ2v) is 6.29. The molecule has 17 heavy (non-hydrogen) atoms. The Hall–Kier alpha value is -0.330. The van der Waals surface area contributed by atoms with Gasteiger partial charge >= 0.3 is 0 Å². The summed E-state index contributed by atoms with van der Waals surface area (Å²) < 4.78 is 21.5. The molecule has 0 aliphatic carbocycles. The summed E-state index contributed by atoms with van der Waals surface area (Å²) in [6.45, 7) is 2.14. The fourth-order valence-corrected chi connectivity index (χ4v) is 2.24. The topological polar surface area (TPSA) is 72.2 Å². The predicted octanol–water partition coefficient (Wildman–Crippen LogP) is 1.93. The molecule has 0 heterocycles. The summed E-state index contributed by atoms with van der Waals surface area (Å²) in [4.78, 5) is 0. The number of hydrogen-bond donors (Lipinski definition) is 2. The molecule has 1 aromatic rings. The maximum Gasteiger partial charge on any atom is 0.210 e. The molecule has 1 aromatic carbocycles. The van der Waals surface area contributed by atoms with E-state index in [1.165, 1.54) is 0 Å². The van der Waals surface area contributed by atoms with Gasteiger partial charge in [-0.05, 0) is 30.7 Å². The quantitative estimate of drug-likeness (QED) is 0.872. The molecule has 0 bridgehead atoms. The molecule has 0 saturated heterocycles. The summed E-state index contributed by atoms with van der Waals surface area (Å²) >= 11 is 11.9. The summed E-state index contributed by atoms with van der Waals surface area (Å²) in [5.74, 6) is -0.116. The van der Waals surface area contributed by atoms with Crippen LogP contribution in [0, 0.1) is 0 Å². The molecule has 0 radical (unpaired) electrons. The minimum absolute atomic E-state index is 0.0945. The smallest absolute Gasteiger partial charge is 0.210 e. The van der Waals surface area contributed by atoms with E-state index >= 15 is 0 Å². The normalized spacial score (nSPS) is 13.6. The van der Waals surface area contributed by atoms with Crippen molar-refractivity contribution in [2.24, 2.45) is 5.14 Å². The second kappa shape index (κ2) is 6.02. The van der Waals surface area contributed by atoms with Crippen molar-refractivity contribution in [3.63, 3.8) is 0 Å². The van der Waals surface area contributed by atoms with Gasteiger partial charge in [-0.25, -0.2) is 13.6 Å². The first-order chi connectivity index (χ1) is 7.79. The fourth-order valence-electron chi connectivity index (χ4n) is 1.37. The van der Waals surface area contributed by atoms with Crippen molar-refractivity contribution < 1.29 is 8.42 Å². The molecule has 1 rings (SSSR count). The number of nitrogens with two attached hydrogens (primary N) is 1. The molecule has 0 fully saturated rings. The van der Waals surface area contributed by atoms with Crippen LogP contribution in [0.1, 0.15) is 18.5 Å². The van der Waals surface area contributed by atoms with Gasteiger partial charge in [0.1, 0.15) is 0 Å². The molecule has 0 aliphatic rings. The highest BCUT2D eigenvalue weighted by Gasteiger charge is 2.11. The number of halogens is 2. The average molecular weight is 297 g/mol. The van der Waals surface area contributed by atoms with Gasteiger partial charge in [0.2, 0.25) is 10.0 Å². The van der Waals surface area contributed by atoms with Crippen molar-refractivity contribution >= 4 is 33.2 Å². The summed E-state index contributed by atoms with van der Waals surface area (Å²) in [5, 5.41) is 9.10. The summed E-state index contributed by atoms with van der Waals surface area (Å²) in [6.07, 6.45) is 0. The van der Waals surface area contributed by atoms with Crippen LogP contribution in [0.3, 0.4) is 0 Å². The maximum atomic E-state index is 10.8. The molecular formula is C10H14Cl2N2O2S. The van der Waals surface area contributed by atoms with Crippen LogP contribution in [0.5, 0.6) is 0 Å². The third kappa shape index (κ3) is 5.23. The summed E-state index contributed by atoms with van der Waals surface area (Å²) in [5.41, 5.74) is 0.827. The Bertz CT molecular complexity index is 491. The lowest BCUT2D eigenvalue weighted by Gasteiger charge is -2.15. The molecule has 3 N–H and O–H groups in total. The first-order valence-corrected chi connectivity index (χ1v) is 7.45. The van der Waals surface area contributed by atoms with Crippen molar-refractivity contribution in [3.05, 3.63) is 33.8 Å². The molecule has 96 valence electrons. The maximum absolute atomic E-state index is 10.8. The van der Waals surface area contributed by atoms with Gasteiger partial charge in [-0.2, -0.15) is 0 Å². The molecule has 7 heteroatoms. The van der Waals surface area contributed by atoms with Gasteiger partial charge in [-0.15, -0.1) is 0 Å². The monoisotopic (exact) mass is 296 g/mol. The summed E-state index contributed by atoms with van der Waals surface area (Å²) in [7, 11) is -3.44. The van der Waals surface area contributed by atoms with Crippen molar-refractivity contribution in [2.45, 2.75) is 13.0 Å². The number of sulfonamides is 1. The van der Waals surface area contributed by atoms with Gasteiger partial charge in [0, 0.05) is 22.6 Å². The van der Waals surface area contributed by atoms with Crippen molar-refractivity contribution in [3.8, 4) is 0 Å². The first-order valence-electron chi connectivity index (χ1n) is 4.98. The molecule has 1 atom stereocenters. The van der Waals surface area contributed by atoms with Crippen LogP contribution in [0.4, 0.5) is 0 Å². The minimum atomic E-state index is -3.44. The van der Waals surface area contributed by atoms with Crippen LogP contribution >= 0.6 is 23.2 Å². The minimum Gasteiger partial charge on any atom is -0.309 e. The van der Waals surface area contributed by atoms with Crippen LogP contribution in [0.15, 0.2) is 18.2 Å². The Kier molecular flexibility index (Phi) is 5.22. The zero-order valence-corrected chi connectivity index (χ0v) is 11.6. The Morgan fingerprint density at radius 2 is 2.06 bits per heavy atom. The van der Waals surface area contributed by atoms with E-state index in [0.29, 0.717) is 10.0 Å². The molecule has 0 aromatic heterocycles. The van der Waals surface area contributed by atoms with E-state index in [1.807, 2.05) is 6.92 Å². The standard InChI is InChI=1S/C10H14Cl2N2O2S/c1-7(14-4-5-17(13,15)16)9-6-8(11)2-3-10(9)12/h2-3,6-7,14H,4-5H2,1H3,(H2,13,15,16). The van der Waals surface area contributed by atoms with E-state index in [9.17, 15) is 8.42 Å². The van der Waals surface area contributed by atoms with Gasteiger partial charge < -0.3 is 5.32 Å². The fraction of sp³-hybridized carbons (Fsp3) is 0.400. The highest BCUT2D eigenvalue weighted by molar-refractivity contribution is 7.89. The predicted molar refractivity (Wildman–Crippen MR) is 70.9 cm³/mol. The van der Waals surface area contributed by atoms with Crippen LogP contribution in [-0.2, 0) is 10.0 Å². The average Bonchev–Trinajstić information content (AvgIpc) is 2.19. The lowest BCUT2D eigenvalue weighted by Crippen LogP contribution is -2.29. The Morgan fingerprint density at radius 1 is 1.41 bits per heavy atom. The molecular weight excluding hydrogens is 283 g/mol. The number of hydrogen-bond acceptors (Lipinski definition) is 3. The van der Waals surface area contributed by atoms with E-state index < -0.39 is 10.0 Å². The lowest BCUT2D eigenvalue weighted by molar-refractivity contribution is 0.573. The second-order valence-electron chi connectivity index (χ2n) is 3.71. The molecule has 4 nitrogen and oxygen atoms in total.